The number of nitrogens with one attached hydrogen (secondary N) is 1. The summed E-state index contributed by atoms with van der Waals surface area (Å²) in [6.07, 6.45) is 0.953. The van der Waals surface area contributed by atoms with Crippen LogP contribution in [0.2, 0.25) is 10.0 Å². The van der Waals surface area contributed by atoms with Crippen molar-refractivity contribution in [3.05, 3.63) is 45.8 Å². The normalized spacial score (nSPS) is 10.9. The molecule has 3 aromatic rings. The number of thiophene rings is 1. The van der Waals surface area contributed by atoms with Gasteiger partial charge in [-0.05, 0) is 36.1 Å². The van der Waals surface area contributed by atoms with Crippen LogP contribution in [0.15, 0.2) is 40.9 Å². The lowest BCUT2D eigenvalue weighted by atomic mass is 10.3. The van der Waals surface area contributed by atoms with Crippen molar-refractivity contribution in [2.45, 2.75) is 25.0 Å². The van der Waals surface area contributed by atoms with E-state index in [1.807, 2.05) is 17.5 Å². The highest BCUT2D eigenvalue weighted by molar-refractivity contribution is 7.99. The first kappa shape index (κ1) is 19.2. The van der Waals surface area contributed by atoms with Gasteiger partial charge in [0.2, 0.25) is 5.91 Å². The third-order valence-corrected chi connectivity index (χ3v) is 5.84. The number of thioether (sulfide) groups is 1. The molecule has 9 heteroatoms. The minimum Gasteiger partial charge on any atom is -0.324 e. The topological polar surface area (TPSA) is 59.8 Å². The molecule has 5 nitrogen and oxygen atoms in total. The molecule has 2 heterocycles. The Morgan fingerprint density at radius 1 is 1.31 bits per heavy atom. The van der Waals surface area contributed by atoms with E-state index in [1.165, 1.54) is 11.8 Å². The number of amides is 1. The van der Waals surface area contributed by atoms with E-state index in [9.17, 15) is 4.79 Å². The largest absolute Gasteiger partial charge is 0.324 e. The van der Waals surface area contributed by atoms with Crippen LogP contribution in [0.1, 0.15) is 13.3 Å². The van der Waals surface area contributed by atoms with Crippen molar-refractivity contribution in [3.8, 4) is 10.7 Å². The van der Waals surface area contributed by atoms with E-state index < -0.39 is 0 Å². The van der Waals surface area contributed by atoms with Gasteiger partial charge in [-0.25, -0.2) is 0 Å². The van der Waals surface area contributed by atoms with Crippen LogP contribution < -0.4 is 5.32 Å². The van der Waals surface area contributed by atoms with Crippen LogP contribution in [0.4, 0.5) is 5.69 Å². The van der Waals surface area contributed by atoms with Gasteiger partial charge < -0.3 is 9.88 Å². The van der Waals surface area contributed by atoms with Crippen LogP contribution in [0.3, 0.4) is 0 Å². The maximum atomic E-state index is 12.3. The second kappa shape index (κ2) is 8.90. The highest BCUT2D eigenvalue weighted by Gasteiger charge is 2.16. The summed E-state index contributed by atoms with van der Waals surface area (Å²) >= 11 is 15.0. The van der Waals surface area contributed by atoms with Gasteiger partial charge in [0.15, 0.2) is 11.0 Å². The van der Waals surface area contributed by atoms with Gasteiger partial charge in [0.05, 0.1) is 21.3 Å². The Morgan fingerprint density at radius 2 is 2.15 bits per heavy atom. The molecule has 0 saturated heterocycles. The molecule has 0 aliphatic rings. The van der Waals surface area contributed by atoms with Crippen LogP contribution in [0.25, 0.3) is 10.7 Å². The molecular weight excluding hydrogens is 411 g/mol. The second-order valence-electron chi connectivity index (χ2n) is 5.40. The molecule has 136 valence electrons. The van der Waals surface area contributed by atoms with Crippen molar-refractivity contribution < 1.29 is 4.79 Å². The first-order valence-corrected chi connectivity index (χ1v) is 10.6. The zero-order valence-electron chi connectivity index (χ0n) is 13.9. The minimum absolute atomic E-state index is 0.178. The maximum absolute atomic E-state index is 12.3. The quantitative estimate of drug-likeness (QED) is 0.509. The average molecular weight is 427 g/mol. The van der Waals surface area contributed by atoms with Crippen LogP contribution in [0.5, 0.6) is 0 Å². The van der Waals surface area contributed by atoms with E-state index in [0.29, 0.717) is 15.7 Å². The lowest BCUT2D eigenvalue weighted by molar-refractivity contribution is -0.113. The number of hydrogen-bond acceptors (Lipinski definition) is 5. The number of aromatic nitrogens is 3. The van der Waals surface area contributed by atoms with E-state index in [-0.39, 0.29) is 11.7 Å². The molecule has 0 radical (unpaired) electrons. The van der Waals surface area contributed by atoms with Gasteiger partial charge in [-0.3, -0.25) is 4.79 Å². The predicted molar refractivity (Wildman–Crippen MR) is 109 cm³/mol. The summed E-state index contributed by atoms with van der Waals surface area (Å²) in [5.41, 5.74) is 0.499. The smallest absolute Gasteiger partial charge is 0.234 e. The Hall–Kier alpha value is -1.54. The van der Waals surface area contributed by atoms with Gasteiger partial charge in [0, 0.05) is 11.6 Å². The van der Waals surface area contributed by atoms with Crippen LogP contribution in [-0.2, 0) is 11.3 Å². The first-order chi connectivity index (χ1) is 12.6. The number of benzene rings is 1. The summed E-state index contributed by atoms with van der Waals surface area (Å²) in [5.74, 6) is 0.861. The molecular formula is C17H16Cl2N4OS2. The first-order valence-electron chi connectivity index (χ1n) is 7.93. The molecule has 3 rings (SSSR count). The lowest BCUT2D eigenvalue weighted by Gasteiger charge is -2.09. The third-order valence-electron chi connectivity index (χ3n) is 3.44. The molecule has 0 aliphatic heterocycles. The van der Waals surface area contributed by atoms with E-state index in [2.05, 4.69) is 27.0 Å². The summed E-state index contributed by atoms with van der Waals surface area (Å²) < 4.78 is 2.05. The molecule has 0 spiro atoms. The highest BCUT2D eigenvalue weighted by atomic mass is 35.5. The molecule has 1 amide bonds. The molecule has 0 bridgehead atoms. The Balaban J connectivity index is 1.69. The lowest BCUT2D eigenvalue weighted by Crippen LogP contribution is -2.15. The molecule has 2 aromatic heterocycles. The number of rotatable bonds is 7. The Labute approximate surface area is 169 Å². The summed E-state index contributed by atoms with van der Waals surface area (Å²) in [5, 5.41) is 15.0. The van der Waals surface area contributed by atoms with Crippen molar-refractivity contribution in [2.75, 3.05) is 11.1 Å². The van der Waals surface area contributed by atoms with Gasteiger partial charge in [-0.1, -0.05) is 48.0 Å². The van der Waals surface area contributed by atoms with Crippen molar-refractivity contribution >= 4 is 57.9 Å². The SMILES string of the molecule is CCCn1c(SCC(=O)Nc2cc(Cl)ccc2Cl)nnc1-c1cccs1. The molecule has 26 heavy (non-hydrogen) atoms. The van der Waals surface area contributed by atoms with Crippen LogP contribution in [0, 0.1) is 0 Å². The van der Waals surface area contributed by atoms with E-state index in [0.717, 1.165) is 28.8 Å². The Morgan fingerprint density at radius 3 is 2.88 bits per heavy atom. The van der Waals surface area contributed by atoms with Crippen molar-refractivity contribution in [2.24, 2.45) is 0 Å². The van der Waals surface area contributed by atoms with Gasteiger partial charge in [-0.15, -0.1) is 21.5 Å². The van der Waals surface area contributed by atoms with Crippen molar-refractivity contribution in [3.63, 3.8) is 0 Å². The standard InChI is InChI=1S/C17H16Cl2N4OS2/c1-2-7-23-16(14-4-3-8-25-14)21-22-17(23)26-10-15(24)20-13-9-11(18)5-6-12(13)19/h3-6,8-9H,2,7,10H2,1H3,(H,20,24). The number of hydrogen-bond donors (Lipinski definition) is 1. The van der Waals surface area contributed by atoms with E-state index in [4.69, 9.17) is 23.2 Å². The zero-order valence-corrected chi connectivity index (χ0v) is 17.1. The fraction of sp³-hybridized carbons (Fsp3) is 0.235. The Bertz CT molecular complexity index is 896. The minimum atomic E-state index is -0.178. The second-order valence-corrected chi connectivity index (χ2v) is 8.13. The monoisotopic (exact) mass is 426 g/mol. The molecule has 0 aliphatic carbocycles. The number of carbonyl (C=O) groups excluding carboxylic acids is 1. The van der Waals surface area contributed by atoms with Gasteiger partial charge in [-0.2, -0.15) is 0 Å². The fourth-order valence-electron chi connectivity index (χ4n) is 2.32. The third kappa shape index (κ3) is 4.59. The number of carbonyl (C=O) groups is 1. The summed E-state index contributed by atoms with van der Waals surface area (Å²) in [4.78, 5) is 13.3. The van der Waals surface area contributed by atoms with Crippen LogP contribution >= 0.6 is 46.3 Å². The molecule has 1 N–H and O–H groups in total. The van der Waals surface area contributed by atoms with E-state index in [1.54, 1.807) is 29.5 Å². The number of anilines is 1. The van der Waals surface area contributed by atoms with Gasteiger partial charge >= 0.3 is 0 Å². The molecule has 1 aromatic carbocycles. The van der Waals surface area contributed by atoms with Gasteiger partial charge in [0.25, 0.3) is 0 Å². The Kier molecular flexibility index (Phi) is 6.58. The van der Waals surface area contributed by atoms with Gasteiger partial charge in [0.1, 0.15) is 0 Å². The zero-order chi connectivity index (χ0) is 18.5. The molecule has 0 unspecified atom stereocenters. The van der Waals surface area contributed by atoms with Crippen molar-refractivity contribution in [1.29, 1.82) is 0 Å². The van der Waals surface area contributed by atoms with Crippen molar-refractivity contribution in [1.82, 2.24) is 14.8 Å². The van der Waals surface area contributed by atoms with Crippen LogP contribution in [-0.4, -0.2) is 26.4 Å². The molecule has 0 saturated carbocycles. The highest BCUT2D eigenvalue weighted by Crippen LogP contribution is 2.28. The molecule has 0 atom stereocenters. The van der Waals surface area contributed by atoms with E-state index >= 15 is 0 Å². The number of halogens is 2. The average Bonchev–Trinajstić information content (AvgIpc) is 3.26. The summed E-state index contributed by atoms with van der Waals surface area (Å²) in [6, 6.07) is 8.95. The fourth-order valence-corrected chi connectivity index (χ4v) is 4.14. The molecule has 0 fully saturated rings. The summed E-state index contributed by atoms with van der Waals surface area (Å²) in [6.45, 7) is 2.89. The summed E-state index contributed by atoms with van der Waals surface area (Å²) in [7, 11) is 0. The maximum Gasteiger partial charge on any atom is 0.234 e. The predicted octanol–water partition coefficient (Wildman–Crippen LogP) is 5.45. The number of nitrogens with zero attached hydrogens (tertiary/aromatic N) is 3.